The van der Waals surface area contributed by atoms with Crippen LogP contribution in [0.15, 0.2) is 77.7 Å². The Morgan fingerprint density at radius 2 is 1.59 bits per heavy atom. The number of hydrogen-bond acceptors (Lipinski definition) is 4. The lowest BCUT2D eigenvalue weighted by molar-refractivity contribution is -0.139. The molecule has 0 saturated heterocycles. The predicted octanol–water partition coefficient (Wildman–Crippen LogP) is 5.83. The smallest absolute Gasteiger partial charge is 0.264 e. The maximum Gasteiger partial charge on any atom is 0.264 e. The molecule has 0 aliphatic rings. The molecule has 3 aromatic rings. The van der Waals surface area contributed by atoms with Crippen LogP contribution in [-0.2, 0) is 26.2 Å². The van der Waals surface area contributed by atoms with Crippen molar-refractivity contribution in [3.63, 3.8) is 0 Å². The number of halogens is 2. The van der Waals surface area contributed by atoms with E-state index in [0.717, 1.165) is 10.7 Å². The normalized spacial score (nSPS) is 12.9. The Kier molecular flexibility index (Phi) is 10.4. The molecule has 0 bridgehead atoms. The monoisotopic (exact) mass is 589 g/mol. The number of sulfonamides is 1. The lowest BCUT2D eigenvalue weighted by atomic mass is 10.1. The molecule has 3 aromatic carbocycles. The highest BCUT2D eigenvalue weighted by Gasteiger charge is 2.33. The van der Waals surface area contributed by atoms with Crippen LogP contribution in [-0.4, -0.2) is 43.8 Å². The number of carbonyl (C=O) groups is 2. The number of carbonyl (C=O) groups excluding carboxylic acids is 2. The number of aryl methyl sites for hydroxylation is 1. The third-order valence-electron chi connectivity index (χ3n) is 6.46. The Balaban J connectivity index is 2.06. The fraction of sp³-hybridized carbons (Fsp3) is 0.310. The summed E-state index contributed by atoms with van der Waals surface area (Å²) >= 11 is 12.4. The molecule has 0 aromatic heterocycles. The fourth-order valence-electron chi connectivity index (χ4n) is 3.96. The first-order valence-electron chi connectivity index (χ1n) is 12.6. The molecule has 208 valence electrons. The molecule has 0 radical (unpaired) electrons. The highest BCUT2D eigenvalue weighted by molar-refractivity contribution is 7.92. The zero-order valence-corrected chi connectivity index (χ0v) is 24.7. The maximum atomic E-state index is 14.0. The first-order chi connectivity index (χ1) is 18.4. The summed E-state index contributed by atoms with van der Waals surface area (Å²) in [6.07, 6.45) is 0.720. The van der Waals surface area contributed by atoms with Crippen molar-refractivity contribution >= 4 is 50.7 Å². The molecule has 10 heteroatoms. The van der Waals surface area contributed by atoms with Crippen LogP contribution in [0.5, 0.6) is 0 Å². The number of amides is 2. The number of benzene rings is 3. The molecule has 7 nitrogen and oxygen atoms in total. The van der Waals surface area contributed by atoms with Crippen LogP contribution in [0.2, 0.25) is 10.0 Å². The summed E-state index contributed by atoms with van der Waals surface area (Å²) in [5, 5.41) is 3.72. The van der Waals surface area contributed by atoms with Crippen molar-refractivity contribution < 1.29 is 18.0 Å². The standard InChI is InChI=1S/C29H33Cl2N3O4S/c1-5-21(3)32-29(36)22(4)33(18-23-10-9-11-24(30)16-23)28(35)19-34(27-17-25(31)15-14-20(27)2)39(37,38)26-12-7-6-8-13-26/h6-17,21-22H,5,18-19H2,1-4H3,(H,32,36). The molecule has 3 rings (SSSR count). The maximum absolute atomic E-state index is 14.0. The molecule has 0 heterocycles. The number of anilines is 1. The quantitative estimate of drug-likeness (QED) is 0.305. The molecule has 0 fully saturated rings. The van der Waals surface area contributed by atoms with Crippen LogP contribution in [0.4, 0.5) is 5.69 Å². The van der Waals surface area contributed by atoms with Crippen molar-refractivity contribution in [1.29, 1.82) is 0 Å². The van der Waals surface area contributed by atoms with Crippen LogP contribution in [0.25, 0.3) is 0 Å². The van der Waals surface area contributed by atoms with E-state index in [0.29, 0.717) is 21.2 Å². The van der Waals surface area contributed by atoms with E-state index in [9.17, 15) is 18.0 Å². The number of rotatable bonds is 11. The van der Waals surface area contributed by atoms with Gasteiger partial charge < -0.3 is 10.2 Å². The first kappa shape index (κ1) is 30.5. The van der Waals surface area contributed by atoms with Crippen molar-refractivity contribution in [2.45, 2.75) is 57.6 Å². The van der Waals surface area contributed by atoms with E-state index in [1.165, 1.54) is 23.1 Å². The molecule has 0 saturated carbocycles. The number of nitrogens with one attached hydrogen (secondary N) is 1. The molecular formula is C29H33Cl2N3O4S. The highest BCUT2D eigenvalue weighted by Crippen LogP contribution is 2.30. The van der Waals surface area contributed by atoms with Gasteiger partial charge in [-0.3, -0.25) is 13.9 Å². The number of nitrogens with zero attached hydrogens (tertiary/aromatic N) is 2. The first-order valence-corrected chi connectivity index (χ1v) is 14.8. The van der Waals surface area contributed by atoms with E-state index >= 15 is 0 Å². The minimum atomic E-state index is -4.16. The van der Waals surface area contributed by atoms with E-state index < -0.39 is 28.5 Å². The summed E-state index contributed by atoms with van der Waals surface area (Å²) in [5.74, 6) is -0.892. The zero-order chi connectivity index (χ0) is 28.7. The average Bonchev–Trinajstić information content (AvgIpc) is 2.91. The van der Waals surface area contributed by atoms with E-state index in [4.69, 9.17) is 23.2 Å². The summed E-state index contributed by atoms with van der Waals surface area (Å²) in [7, 11) is -4.16. The van der Waals surface area contributed by atoms with Gasteiger partial charge in [0.1, 0.15) is 12.6 Å². The van der Waals surface area contributed by atoms with Gasteiger partial charge in [0.15, 0.2) is 0 Å². The van der Waals surface area contributed by atoms with Gasteiger partial charge in [0.25, 0.3) is 10.0 Å². The number of hydrogen-bond donors (Lipinski definition) is 1. The molecular weight excluding hydrogens is 557 g/mol. The molecule has 1 N–H and O–H groups in total. The second-order valence-corrected chi connectivity index (χ2v) is 12.1. The minimum Gasteiger partial charge on any atom is -0.352 e. The summed E-state index contributed by atoms with van der Waals surface area (Å²) in [4.78, 5) is 28.5. The molecule has 0 aliphatic heterocycles. The minimum absolute atomic E-state index is 0.0288. The Hall–Kier alpha value is -3.07. The van der Waals surface area contributed by atoms with Crippen molar-refractivity contribution in [3.8, 4) is 0 Å². The van der Waals surface area contributed by atoms with Gasteiger partial charge in [0.05, 0.1) is 10.6 Å². The van der Waals surface area contributed by atoms with Gasteiger partial charge in [0.2, 0.25) is 11.8 Å². The molecule has 2 unspecified atom stereocenters. The molecule has 2 amide bonds. The summed E-state index contributed by atoms with van der Waals surface area (Å²) in [6, 6.07) is 18.8. The van der Waals surface area contributed by atoms with E-state index in [1.54, 1.807) is 68.4 Å². The molecule has 2 atom stereocenters. The topological polar surface area (TPSA) is 86.8 Å². The summed E-state index contributed by atoms with van der Waals surface area (Å²) in [6.45, 7) is 6.71. The van der Waals surface area contributed by atoms with Crippen molar-refractivity contribution in [2.24, 2.45) is 0 Å². The van der Waals surface area contributed by atoms with Gasteiger partial charge >= 0.3 is 0 Å². The third-order valence-corrected chi connectivity index (χ3v) is 8.70. The van der Waals surface area contributed by atoms with E-state index in [-0.39, 0.29) is 29.1 Å². The van der Waals surface area contributed by atoms with Gasteiger partial charge in [-0.1, -0.05) is 66.5 Å². The van der Waals surface area contributed by atoms with Gasteiger partial charge in [-0.15, -0.1) is 0 Å². The molecule has 0 spiro atoms. The predicted molar refractivity (Wildman–Crippen MR) is 157 cm³/mol. The zero-order valence-electron chi connectivity index (χ0n) is 22.4. The Labute approximate surface area is 240 Å². The van der Waals surface area contributed by atoms with E-state index in [1.807, 2.05) is 13.8 Å². The van der Waals surface area contributed by atoms with Gasteiger partial charge in [0, 0.05) is 22.6 Å². The SMILES string of the molecule is CCC(C)NC(=O)C(C)N(Cc1cccc(Cl)c1)C(=O)CN(c1cc(Cl)ccc1C)S(=O)(=O)c1ccccc1. The van der Waals surface area contributed by atoms with Crippen LogP contribution >= 0.6 is 23.2 Å². The fourth-order valence-corrected chi connectivity index (χ4v) is 5.84. The molecule has 39 heavy (non-hydrogen) atoms. The largest absolute Gasteiger partial charge is 0.352 e. The lowest BCUT2D eigenvalue weighted by Gasteiger charge is -2.33. The van der Waals surface area contributed by atoms with Crippen molar-refractivity contribution in [3.05, 3.63) is 94.0 Å². The second-order valence-electron chi connectivity index (χ2n) is 9.40. The third kappa shape index (κ3) is 7.75. The van der Waals surface area contributed by atoms with Crippen LogP contribution in [0, 0.1) is 6.92 Å². The van der Waals surface area contributed by atoms with Crippen molar-refractivity contribution in [2.75, 3.05) is 10.8 Å². The Morgan fingerprint density at radius 3 is 2.23 bits per heavy atom. The highest BCUT2D eigenvalue weighted by atomic mass is 35.5. The van der Waals surface area contributed by atoms with Crippen LogP contribution in [0.3, 0.4) is 0 Å². The second kappa shape index (κ2) is 13.3. The van der Waals surface area contributed by atoms with Gasteiger partial charge in [-0.05, 0) is 74.7 Å². The van der Waals surface area contributed by atoms with Crippen LogP contribution in [0.1, 0.15) is 38.3 Å². The van der Waals surface area contributed by atoms with Crippen molar-refractivity contribution in [1.82, 2.24) is 10.2 Å². The van der Waals surface area contributed by atoms with Crippen LogP contribution < -0.4 is 9.62 Å². The Morgan fingerprint density at radius 1 is 0.923 bits per heavy atom. The van der Waals surface area contributed by atoms with E-state index in [2.05, 4.69) is 5.32 Å². The summed E-state index contributed by atoms with van der Waals surface area (Å²) < 4.78 is 28.8. The lowest BCUT2D eigenvalue weighted by Crippen LogP contribution is -2.52. The molecule has 0 aliphatic carbocycles. The van der Waals surface area contributed by atoms with Gasteiger partial charge in [-0.2, -0.15) is 0 Å². The average molecular weight is 591 g/mol. The van der Waals surface area contributed by atoms with Gasteiger partial charge in [-0.25, -0.2) is 8.42 Å². The summed E-state index contributed by atoms with van der Waals surface area (Å²) in [5.41, 5.74) is 1.60. The Bertz CT molecular complexity index is 1420.